The third kappa shape index (κ3) is 2.81. The van der Waals surface area contributed by atoms with Crippen LogP contribution >= 0.6 is 0 Å². The minimum Gasteiger partial charge on any atom is -0.195 e. The summed E-state index contributed by atoms with van der Waals surface area (Å²) in [4.78, 5) is 0. The van der Waals surface area contributed by atoms with Gasteiger partial charge < -0.3 is 0 Å². The van der Waals surface area contributed by atoms with Crippen LogP contribution in [0.25, 0.3) is 0 Å². The number of hydrogen-bond donors (Lipinski definition) is 0. The maximum Gasteiger partial charge on any atom is 0.460 e. The molecule has 0 aromatic carbocycles. The van der Waals surface area contributed by atoms with Crippen LogP contribution in [-0.4, -0.2) is 23.9 Å². The standard InChI is InChI=1S/C9H7F9/c1-2-3-4-5-6(10,11)7(12,13)8(14,15)9(16,17)18/h2,4-5H,1,3H2/b5-4+. The molecule has 0 aromatic heterocycles. The minimum absolute atomic E-state index is 0.313. The number of alkyl halides is 9. The van der Waals surface area contributed by atoms with E-state index in [1.54, 1.807) is 0 Å². The maximum atomic E-state index is 12.7. The summed E-state index contributed by atoms with van der Waals surface area (Å²) in [5, 5.41) is 0. The molecule has 0 atom stereocenters. The second-order valence-corrected chi connectivity index (χ2v) is 3.20. The Morgan fingerprint density at radius 3 is 1.56 bits per heavy atom. The first-order chi connectivity index (χ1) is 7.81. The minimum atomic E-state index is -6.85. The summed E-state index contributed by atoms with van der Waals surface area (Å²) in [5.41, 5.74) is 0. The molecule has 0 aromatic rings. The molecule has 18 heavy (non-hydrogen) atoms. The van der Waals surface area contributed by atoms with Gasteiger partial charge in [0.15, 0.2) is 0 Å². The van der Waals surface area contributed by atoms with Crippen LogP contribution in [0.3, 0.4) is 0 Å². The Hall–Kier alpha value is -1.15. The van der Waals surface area contributed by atoms with Crippen molar-refractivity contribution in [2.24, 2.45) is 0 Å². The van der Waals surface area contributed by atoms with Crippen LogP contribution in [0.2, 0.25) is 0 Å². The van der Waals surface area contributed by atoms with Gasteiger partial charge in [-0.25, -0.2) is 0 Å². The first-order valence-corrected chi connectivity index (χ1v) is 4.30. The van der Waals surface area contributed by atoms with E-state index >= 15 is 0 Å². The van der Waals surface area contributed by atoms with Crippen molar-refractivity contribution in [1.29, 1.82) is 0 Å². The van der Waals surface area contributed by atoms with Gasteiger partial charge in [0.05, 0.1) is 0 Å². The molecule has 0 saturated heterocycles. The fraction of sp³-hybridized carbons (Fsp3) is 0.556. The SMILES string of the molecule is C=CC/C=C/C(F)(F)C(F)(F)C(F)(F)C(F)(F)F. The molecule has 0 heterocycles. The molecule has 0 spiro atoms. The molecule has 0 aliphatic heterocycles. The third-order valence-electron chi connectivity index (χ3n) is 1.80. The molecule has 0 saturated carbocycles. The average Bonchev–Trinajstić information content (AvgIpc) is 2.15. The van der Waals surface area contributed by atoms with Gasteiger partial charge in [-0.05, 0) is 12.5 Å². The molecule has 0 N–H and O–H groups in total. The van der Waals surface area contributed by atoms with Crippen LogP contribution in [0, 0.1) is 0 Å². The first-order valence-electron chi connectivity index (χ1n) is 4.30. The monoisotopic (exact) mass is 286 g/mol. The first kappa shape index (κ1) is 16.8. The van der Waals surface area contributed by atoms with Crippen molar-refractivity contribution in [2.45, 2.75) is 30.4 Å². The quantitative estimate of drug-likeness (QED) is 0.512. The van der Waals surface area contributed by atoms with E-state index in [2.05, 4.69) is 6.58 Å². The Labute approximate surface area is 95.8 Å². The Bertz CT molecular complexity index is 323. The predicted molar refractivity (Wildman–Crippen MR) is 44.9 cm³/mol. The van der Waals surface area contributed by atoms with E-state index in [-0.39, 0.29) is 6.42 Å². The highest BCUT2D eigenvalue weighted by atomic mass is 19.4. The van der Waals surface area contributed by atoms with Gasteiger partial charge in [0.1, 0.15) is 0 Å². The van der Waals surface area contributed by atoms with Crippen molar-refractivity contribution in [3.63, 3.8) is 0 Å². The molecule has 106 valence electrons. The van der Waals surface area contributed by atoms with Gasteiger partial charge in [-0.1, -0.05) is 12.2 Å². The van der Waals surface area contributed by atoms with Gasteiger partial charge in [0.25, 0.3) is 0 Å². The van der Waals surface area contributed by atoms with Crippen LogP contribution in [0.4, 0.5) is 39.5 Å². The summed E-state index contributed by atoms with van der Waals surface area (Å²) in [6.07, 6.45) is -6.59. The fourth-order valence-corrected chi connectivity index (χ4v) is 0.804. The van der Waals surface area contributed by atoms with Crippen molar-refractivity contribution in [3.8, 4) is 0 Å². The molecule has 0 aliphatic rings. The highest BCUT2D eigenvalue weighted by molar-refractivity contribution is 5.10. The molecule has 9 heteroatoms. The second kappa shape index (κ2) is 4.85. The van der Waals surface area contributed by atoms with E-state index in [4.69, 9.17) is 0 Å². The number of halogens is 9. The largest absolute Gasteiger partial charge is 0.460 e. The molecular weight excluding hydrogens is 279 g/mol. The van der Waals surface area contributed by atoms with Crippen LogP contribution < -0.4 is 0 Å². The molecule has 0 bridgehead atoms. The lowest BCUT2D eigenvalue weighted by atomic mass is 10.0. The van der Waals surface area contributed by atoms with E-state index in [0.717, 1.165) is 6.08 Å². The molecule has 0 amide bonds. The summed E-state index contributed by atoms with van der Waals surface area (Å²) in [6, 6.07) is 0. The molecule has 0 unspecified atom stereocenters. The fourth-order valence-electron chi connectivity index (χ4n) is 0.804. The van der Waals surface area contributed by atoms with Crippen molar-refractivity contribution in [3.05, 3.63) is 24.8 Å². The van der Waals surface area contributed by atoms with Crippen LogP contribution in [0.5, 0.6) is 0 Å². The van der Waals surface area contributed by atoms with E-state index in [0.29, 0.717) is 6.08 Å². The molecular formula is C9H7F9. The average molecular weight is 286 g/mol. The smallest absolute Gasteiger partial charge is 0.195 e. The van der Waals surface area contributed by atoms with Gasteiger partial charge in [-0.3, -0.25) is 0 Å². The number of rotatable bonds is 5. The summed E-state index contributed by atoms with van der Waals surface area (Å²) < 4.78 is 110. The van der Waals surface area contributed by atoms with Gasteiger partial charge in [0.2, 0.25) is 0 Å². The van der Waals surface area contributed by atoms with E-state index in [9.17, 15) is 39.5 Å². The zero-order chi connectivity index (χ0) is 14.8. The Balaban J connectivity index is 5.42. The molecule has 0 rings (SSSR count). The zero-order valence-electron chi connectivity index (χ0n) is 8.55. The van der Waals surface area contributed by atoms with Gasteiger partial charge in [-0.15, -0.1) is 6.58 Å². The summed E-state index contributed by atoms with van der Waals surface area (Å²) in [7, 11) is 0. The topological polar surface area (TPSA) is 0 Å². The summed E-state index contributed by atoms with van der Waals surface area (Å²) in [5.74, 6) is -19.1. The van der Waals surface area contributed by atoms with Gasteiger partial charge in [0, 0.05) is 0 Å². The highest BCUT2D eigenvalue weighted by Gasteiger charge is 2.81. The normalized spacial score (nSPS) is 15.2. The lowest BCUT2D eigenvalue weighted by Gasteiger charge is -2.32. The summed E-state index contributed by atoms with van der Waals surface area (Å²) in [6.45, 7) is 3.02. The third-order valence-corrected chi connectivity index (χ3v) is 1.80. The number of allylic oxidation sites excluding steroid dienone is 3. The Morgan fingerprint density at radius 2 is 1.22 bits per heavy atom. The van der Waals surface area contributed by atoms with E-state index < -0.39 is 30.0 Å². The molecule has 0 fully saturated rings. The molecule has 0 aliphatic carbocycles. The predicted octanol–water partition coefficient (Wildman–Crippen LogP) is 4.59. The van der Waals surface area contributed by atoms with Crippen LogP contribution in [0.1, 0.15) is 6.42 Å². The van der Waals surface area contributed by atoms with Gasteiger partial charge >= 0.3 is 23.9 Å². The van der Waals surface area contributed by atoms with Crippen molar-refractivity contribution >= 4 is 0 Å². The van der Waals surface area contributed by atoms with Crippen molar-refractivity contribution in [1.82, 2.24) is 0 Å². The molecule has 0 nitrogen and oxygen atoms in total. The summed E-state index contributed by atoms with van der Waals surface area (Å²) >= 11 is 0. The highest BCUT2D eigenvalue weighted by Crippen LogP contribution is 2.53. The van der Waals surface area contributed by atoms with E-state index in [1.165, 1.54) is 0 Å². The lowest BCUT2D eigenvalue weighted by Crippen LogP contribution is -2.60. The zero-order valence-corrected chi connectivity index (χ0v) is 8.55. The van der Waals surface area contributed by atoms with Crippen molar-refractivity contribution < 1.29 is 39.5 Å². The Kier molecular flexibility index (Phi) is 4.54. The number of hydrogen-bond acceptors (Lipinski definition) is 0. The maximum absolute atomic E-state index is 12.7. The lowest BCUT2D eigenvalue weighted by molar-refractivity contribution is -0.388. The molecule has 0 radical (unpaired) electrons. The van der Waals surface area contributed by atoms with Crippen molar-refractivity contribution in [2.75, 3.05) is 0 Å². The Morgan fingerprint density at radius 1 is 0.778 bits per heavy atom. The van der Waals surface area contributed by atoms with E-state index in [1.807, 2.05) is 0 Å². The second-order valence-electron chi connectivity index (χ2n) is 3.20. The van der Waals surface area contributed by atoms with Crippen LogP contribution in [-0.2, 0) is 0 Å². The van der Waals surface area contributed by atoms with Crippen LogP contribution in [0.15, 0.2) is 24.8 Å². The van der Waals surface area contributed by atoms with Gasteiger partial charge in [-0.2, -0.15) is 39.5 Å².